The van der Waals surface area contributed by atoms with Crippen LogP contribution in [0.5, 0.6) is 5.75 Å². The van der Waals surface area contributed by atoms with Crippen LogP contribution in [0.4, 0.5) is 5.69 Å². The lowest BCUT2D eigenvalue weighted by Crippen LogP contribution is -2.16. The number of ether oxygens (including phenoxy) is 2. The van der Waals surface area contributed by atoms with Crippen LogP contribution in [-0.2, 0) is 16.1 Å². The molecule has 0 saturated carbocycles. The first-order chi connectivity index (χ1) is 13.9. The summed E-state index contributed by atoms with van der Waals surface area (Å²) < 4.78 is 17.9. The molecule has 2 aromatic carbocycles. The standard InChI is InChI=1S/C19H17BrN2O7/c20-13-3-1-4-15(11-13)27-9-10-28-18(23)5-2-8-21-16-7-6-14(22(25)26)12-17(16)29-19(21)24/h1,3-4,6-7,11-12H,2,5,8-10H2. The lowest BCUT2D eigenvalue weighted by atomic mass is 10.2. The molecular formula is C19H17BrN2O7. The lowest BCUT2D eigenvalue weighted by Gasteiger charge is -2.08. The van der Waals surface area contributed by atoms with Gasteiger partial charge in [-0.25, -0.2) is 4.79 Å². The highest BCUT2D eigenvalue weighted by molar-refractivity contribution is 9.10. The second-order valence-corrected chi connectivity index (χ2v) is 6.97. The highest BCUT2D eigenvalue weighted by atomic mass is 79.9. The van der Waals surface area contributed by atoms with Crippen molar-refractivity contribution in [2.75, 3.05) is 13.2 Å². The van der Waals surface area contributed by atoms with Crippen LogP contribution < -0.4 is 10.5 Å². The lowest BCUT2D eigenvalue weighted by molar-refractivity contribution is -0.384. The molecule has 10 heteroatoms. The molecule has 0 saturated heterocycles. The average molecular weight is 465 g/mol. The number of carbonyl (C=O) groups is 1. The zero-order valence-electron chi connectivity index (χ0n) is 15.2. The largest absolute Gasteiger partial charge is 0.490 e. The number of nitro groups is 1. The van der Waals surface area contributed by atoms with Gasteiger partial charge in [0.1, 0.15) is 19.0 Å². The summed E-state index contributed by atoms with van der Waals surface area (Å²) >= 11 is 3.34. The van der Waals surface area contributed by atoms with Crippen LogP contribution in [0.15, 0.2) is 56.1 Å². The van der Waals surface area contributed by atoms with E-state index in [0.717, 1.165) is 4.47 Å². The number of halogens is 1. The number of carbonyl (C=O) groups excluding carboxylic acids is 1. The summed E-state index contributed by atoms with van der Waals surface area (Å²) in [5, 5.41) is 10.8. The van der Waals surface area contributed by atoms with Crippen molar-refractivity contribution < 1.29 is 23.6 Å². The number of fused-ring (bicyclic) bond motifs is 1. The van der Waals surface area contributed by atoms with Crippen LogP contribution in [0.2, 0.25) is 0 Å². The number of nitro benzene ring substituents is 1. The third kappa shape index (κ3) is 5.44. The summed E-state index contributed by atoms with van der Waals surface area (Å²) in [5.41, 5.74) is 0.417. The van der Waals surface area contributed by atoms with Crippen molar-refractivity contribution >= 4 is 38.7 Å². The Morgan fingerprint density at radius 1 is 1.21 bits per heavy atom. The van der Waals surface area contributed by atoms with E-state index >= 15 is 0 Å². The Hall–Kier alpha value is -3.14. The third-order valence-corrected chi connectivity index (χ3v) is 4.53. The molecule has 0 aliphatic rings. The molecule has 0 atom stereocenters. The average Bonchev–Trinajstić information content (AvgIpc) is 3.00. The Labute approximate surface area is 173 Å². The van der Waals surface area contributed by atoms with E-state index in [9.17, 15) is 19.7 Å². The van der Waals surface area contributed by atoms with E-state index in [1.807, 2.05) is 18.2 Å². The predicted octanol–water partition coefficient (Wildman–Crippen LogP) is 3.67. The zero-order chi connectivity index (χ0) is 20.8. The molecule has 0 spiro atoms. The van der Waals surface area contributed by atoms with Crippen molar-refractivity contribution in [3.8, 4) is 5.75 Å². The molecule has 0 amide bonds. The smallest absolute Gasteiger partial charge is 0.419 e. The molecule has 9 nitrogen and oxygen atoms in total. The van der Waals surface area contributed by atoms with E-state index in [1.54, 1.807) is 6.07 Å². The number of benzene rings is 2. The number of esters is 1. The van der Waals surface area contributed by atoms with Crippen molar-refractivity contribution in [3.05, 3.63) is 67.6 Å². The molecule has 1 aromatic heterocycles. The van der Waals surface area contributed by atoms with E-state index in [1.165, 1.54) is 22.8 Å². The van der Waals surface area contributed by atoms with Gasteiger partial charge in [-0.05, 0) is 30.7 Å². The quantitative estimate of drug-likeness (QED) is 0.205. The molecule has 1 heterocycles. The first-order valence-electron chi connectivity index (χ1n) is 8.76. The molecule has 0 radical (unpaired) electrons. The van der Waals surface area contributed by atoms with Gasteiger partial charge in [0.25, 0.3) is 5.69 Å². The highest BCUT2D eigenvalue weighted by Gasteiger charge is 2.14. The fourth-order valence-electron chi connectivity index (χ4n) is 2.71. The van der Waals surface area contributed by atoms with Gasteiger partial charge in [-0.3, -0.25) is 19.5 Å². The van der Waals surface area contributed by atoms with Crippen LogP contribution in [0.1, 0.15) is 12.8 Å². The van der Waals surface area contributed by atoms with Gasteiger partial charge in [0.05, 0.1) is 16.5 Å². The maximum atomic E-state index is 12.0. The Bertz CT molecular complexity index is 1090. The summed E-state index contributed by atoms with van der Waals surface area (Å²) in [6, 6.07) is 11.3. The van der Waals surface area contributed by atoms with E-state index in [2.05, 4.69) is 15.9 Å². The number of nitrogens with zero attached hydrogens (tertiary/aromatic N) is 2. The van der Waals surface area contributed by atoms with E-state index < -0.39 is 16.6 Å². The topological polar surface area (TPSA) is 114 Å². The van der Waals surface area contributed by atoms with Crippen molar-refractivity contribution in [2.24, 2.45) is 0 Å². The summed E-state index contributed by atoms with van der Waals surface area (Å²) in [6.07, 6.45) is 0.472. The molecule has 3 rings (SSSR count). The molecule has 152 valence electrons. The van der Waals surface area contributed by atoms with E-state index in [4.69, 9.17) is 13.9 Å². The van der Waals surface area contributed by atoms with Crippen LogP contribution in [-0.4, -0.2) is 28.7 Å². The minimum Gasteiger partial charge on any atom is -0.490 e. The molecule has 0 aliphatic heterocycles. The van der Waals surface area contributed by atoms with E-state index in [-0.39, 0.29) is 37.4 Å². The number of non-ortho nitro benzene ring substituents is 1. The van der Waals surface area contributed by atoms with Crippen molar-refractivity contribution in [1.82, 2.24) is 4.57 Å². The second kappa shape index (κ2) is 9.37. The predicted molar refractivity (Wildman–Crippen MR) is 107 cm³/mol. The number of aryl methyl sites for hydroxylation is 1. The minimum atomic E-state index is -0.628. The van der Waals surface area contributed by atoms with Gasteiger partial charge < -0.3 is 13.9 Å². The Balaban J connectivity index is 1.45. The summed E-state index contributed by atoms with van der Waals surface area (Å²) in [7, 11) is 0. The minimum absolute atomic E-state index is 0.114. The molecule has 0 fully saturated rings. The monoisotopic (exact) mass is 464 g/mol. The summed E-state index contributed by atoms with van der Waals surface area (Å²) in [4.78, 5) is 34.0. The number of rotatable bonds is 9. The summed E-state index contributed by atoms with van der Waals surface area (Å²) in [6.45, 7) is 0.573. The van der Waals surface area contributed by atoms with Crippen molar-refractivity contribution in [1.29, 1.82) is 0 Å². The molecule has 0 bridgehead atoms. The Kier molecular flexibility index (Phi) is 6.65. The Morgan fingerprint density at radius 3 is 2.79 bits per heavy atom. The molecule has 0 aliphatic carbocycles. The van der Waals surface area contributed by atoms with Crippen LogP contribution in [0.25, 0.3) is 11.1 Å². The first kappa shape index (κ1) is 20.6. The first-order valence-corrected chi connectivity index (χ1v) is 9.55. The SMILES string of the molecule is O=C(CCCn1c(=O)oc2cc([N+](=O)[O-])ccc21)OCCOc1cccc(Br)c1. The van der Waals surface area contributed by atoms with Gasteiger partial charge in [0.15, 0.2) is 5.58 Å². The van der Waals surface area contributed by atoms with Gasteiger partial charge in [0.2, 0.25) is 0 Å². The van der Waals surface area contributed by atoms with Crippen LogP contribution in [0, 0.1) is 10.1 Å². The fraction of sp³-hybridized carbons (Fsp3) is 0.263. The van der Waals surface area contributed by atoms with Gasteiger partial charge in [-0.1, -0.05) is 22.0 Å². The zero-order valence-corrected chi connectivity index (χ0v) is 16.8. The molecule has 3 aromatic rings. The maximum Gasteiger partial charge on any atom is 0.419 e. The van der Waals surface area contributed by atoms with Gasteiger partial charge in [-0.15, -0.1) is 0 Å². The highest BCUT2D eigenvalue weighted by Crippen LogP contribution is 2.20. The van der Waals surface area contributed by atoms with Crippen LogP contribution in [0.3, 0.4) is 0 Å². The fourth-order valence-corrected chi connectivity index (χ4v) is 3.08. The number of hydrogen-bond donors (Lipinski definition) is 0. The number of oxazole rings is 1. The van der Waals surface area contributed by atoms with Gasteiger partial charge in [0, 0.05) is 23.5 Å². The number of aromatic nitrogens is 1. The molecule has 29 heavy (non-hydrogen) atoms. The normalized spacial score (nSPS) is 10.8. The van der Waals surface area contributed by atoms with Crippen molar-refractivity contribution in [2.45, 2.75) is 19.4 Å². The third-order valence-electron chi connectivity index (χ3n) is 4.04. The van der Waals surface area contributed by atoms with E-state index in [0.29, 0.717) is 17.7 Å². The number of hydrogen-bond acceptors (Lipinski definition) is 7. The molecule has 0 N–H and O–H groups in total. The molecular weight excluding hydrogens is 448 g/mol. The van der Waals surface area contributed by atoms with Crippen molar-refractivity contribution in [3.63, 3.8) is 0 Å². The Morgan fingerprint density at radius 2 is 2.03 bits per heavy atom. The van der Waals surface area contributed by atoms with Gasteiger partial charge >= 0.3 is 11.7 Å². The molecule has 0 unspecified atom stereocenters. The van der Waals surface area contributed by atoms with Gasteiger partial charge in [-0.2, -0.15) is 0 Å². The summed E-state index contributed by atoms with van der Waals surface area (Å²) in [5.74, 6) is -0.363. The van der Waals surface area contributed by atoms with Crippen LogP contribution >= 0.6 is 15.9 Å². The second-order valence-electron chi connectivity index (χ2n) is 6.06. The maximum absolute atomic E-state index is 12.0.